The number of hydrogen-bond acceptors (Lipinski definition) is 3. The van der Waals surface area contributed by atoms with Gasteiger partial charge in [-0.05, 0) is 31.6 Å². The first-order valence-corrected chi connectivity index (χ1v) is 8.64. The van der Waals surface area contributed by atoms with Gasteiger partial charge in [0.2, 0.25) is 5.91 Å². The minimum Gasteiger partial charge on any atom is -0.320 e. The average molecular weight is 308 g/mol. The lowest BCUT2D eigenvalue weighted by atomic mass is 10.1. The van der Waals surface area contributed by atoms with Crippen LogP contribution >= 0.6 is 11.8 Å². The van der Waals surface area contributed by atoms with Crippen LogP contribution in [0.1, 0.15) is 37.9 Å². The van der Waals surface area contributed by atoms with Crippen LogP contribution in [0.4, 0.5) is 4.39 Å². The van der Waals surface area contributed by atoms with Gasteiger partial charge in [-0.3, -0.25) is 10.1 Å². The number of rotatable bonds is 3. The molecule has 1 N–H and O–H groups in total. The number of amides is 1. The molecule has 3 nitrogen and oxygen atoms in total. The second-order valence-corrected chi connectivity index (χ2v) is 7.20. The lowest BCUT2D eigenvalue weighted by Gasteiger charge is -2.30. The Morgan fingerprint density at radius 2 is 2.19 bits per heavy atom. The zero-order valence-electron chi connectivity index (χ0n) is 12.2. The number of hydrogen-bond donors (Lipinski definition) is 1. The van der Waals surface area contributed by atoms with Crippen molar-refractivity contribution in [1.29, 1.82) is 0 Å². The molecule has 2 aliphatic rings. The minimum atomic E-state index is -0.337. The Kier molecular flexibility index (Phi) is 4.50. The second kappa shape index (κ2) is 6.36. The van der Waals surface area contributed by atoms with E-state index in [9.17, 15) is 9.18 Å². The summed E-state index contributed by atoms with van der Waals surface area (Å²) in [6.07, 6.45) is 3.30. The van der Waals surface area contributed by atoms with Gasteiger partial charge in [0.05, 0.1) is 6.04 Å². The van der Waals surface area contributed by atoms with Gasteiger partial charge < -0.3 is 4.90 Å². The minimum absolute atomic E-state index is 0.0782. The number of nitrogens with zero attached hydrogens (tertiary/aromatic N) is 1. The summed E-state index contributed by atoms with van der Waals surface area (Å²) in [6.45, 7) is 2.56. The molecule has 0 saturated carbocycles. The highest BCUT2D eigenvalue weighted by Gasteiger charge is 2.39. The fourth-order valence-corrected chi connectivity index (χ4v) is 4.40. The van der Waals surface area contributed by atoms with Gasteiger partial charge in [0.15, 0.2) is 0 Å². The third-order valence-corrected chi connectivity index (χ3v) is 5.63. The van der Waals surface area contributed by atoms with E-state index in [-0.39, 0.29) is 23.9 Å². The van der Waals surface area contributed by atoms with Gasteiger partial charge in [0.1, 0.15) is 12.0 Å². The molecule has 0 aromatic heterocycles. The zero-order chi connectivity index (χ0) is 14.8. The molecule has 0 aliphatic carbocycles. The number of nitrogens with one attached hydrogen (secondary N) is 1. The Morgan fingerprint density at radius 3 is 2.90 bits per heavy atom. The smallest absolute Gasteiger partial charge is 0.241 e. The van der Waals surface area contributed by atoms with Crippen molar-refractivity contribution in [2.45, 2.75) is 43.6 Å². The number of thioether (sulfide) groups is 1. The first kappa shape index (κ1) is 14.9. The summed E-state index contributed by atoms with van der Waals surface area (Å²) in [4.78, 5) is 14.2. The molecule has 2 saturated heterocycles. The van der Waals surface area contributed by atoms with Crippen molar-refractivity contribution in [3.05, 3.63) is 35.6 Å². The van der Waals surface area contributed by atoms with Crippen LogP contribution in [0.5, 0.6) is 0 Å². The van der Waals surface area contributed by atoms with Crippen LogP contribution in [-0.2, 0) is 4.79 Å². The Bertz CT molecular complexity index is 519. The van der Waals surface area contributed by atoms with E-state index in [1.807, 2.05) is 29.7 Å². The first-order valence-electron chi connectivity index (χ1n) is 7.59. The summed E-state index contributed by atoms with van der Waals surface area (Å²) in [5.41, 5.74) is 0.566. The molecule has 3 atom stereocenters. The Hall–Kier alpha value is -1.07. The normalized spacial score (nSPS) is 29.9. The molecule has 2 aliphatic heterocycles. The van der Waals surface area contributed by atoms with Gasteiger partial charge in [0.25, 0.3) is 0 Å². The fourth-order valence-electron chi connectivity index (χ4n) is 3.09. The number of carbonyl (C=O) groups is 1. The van der Waals surface area contributed by atoms with E-state index in [0.29, 0.717) is 17.4 Å². The number of benzene rings is 1. The Morgan fingerprint density at radius 1 is 1.38 bits per heavy atom. The van der Waals surface area contributed by atoms with Gasteiger partial charge in [-0.1, -0.05) is 24.6 Å². The van der Waals surface area contributed by atoms with Crippen molar-refractivity contribution in [3.8, 4) is 0 Å². The molecule has 0 bridgehead atoms. The van der Waals surface area contributed by atoms with Crippen molar-refractivity contribution < 1.29 is 9.18 Å². The molecule has 1 aromatic carbocycles. The molecule has 2 fully saturated rings. The highest BCUT2D eigenvalue weighted by molar-refractivity contribution is 7.99. The summed E-state index contributed by atoms with van der Waals surface area (Å²) in [7, 11) is 0. The van der Waals surface area contributed by atoms with Crippen LogP contribution in [0.2, 0.25) is 0 Å². The largest absolute Gasteiger partial charge is 0.320 e. The molecular formula is C16H21FN2OS. The van der Waals surface area contributed by atoms with Gasteiger partial charge >= 0.3 is 0 Å². The van der Waals surface area contributed by atoms with Gasteiger partial charge in [-0.15, -0.1) is 0 Å². The molecule has 1 aromatic rings. The Balaban J connectivity index is 1.81. The van der Waals surface area contributed by atoms with E-state index in [1.54, 1.807) is 12.1 Å². The summed E-state index contributed by atoms with van der Waals surface area (Å²) in [5.74, 6) is 0.993. The van der Waals surface area contributed by atoms with Gasteiger partial charge in [-0.25, -0.2) is 4.39 Å². The van der Waals surface area contributed by atoms with Crippen molar-refractivity contribution in [2.75, 3.05) is 12.3 Å². The zero-order valence-corrected chi connectivity index (χ0v) is 13.0. The predicted molar refractivity (Wildman–Crippen MR) is 83.5 cm³/mol. The first-order chi connectivity index (χ1) is 10.2. The molecule has 21 heavy (non-hydrogen) atoms. The molecule has 5 heteroatoms. The van der Waals surface area contributed by atoms with E-state index < -0.39 is 0 Å². The van der Waals surface area contributed by atoms with E-state index in [2.05, 4.69) is 5.32 Å². The standard InChI is InChI=1S/C16H21FN2OS/c1-11-16(20)19(10-12-6-4-5-9-21-12)15(18-11)13-7-2-3-8-14(13)17/h2-3,7-8,11-12,15,18H,4-6,9-10H2,1H3. The summed E-state index contributed by atoms with van der Waals surface area (Å²) < 4.78 is 14.1. The third-order valence-electron chi connectivity index (χ3n) is 4.25. The summed E-state index contributed by atoms with van der Waals surface area (Å²) >= 11 is 1.94. The number of halogens is 1. The lowest BCUT2D eigenvalue weighted by Crippen LogP contribution is -2.37. The van der Waals surface area contributed by atoms with E-state index in [1.165, 1.54) is 24.7 Å². The molecular weight excluding hydrogens is 287 g/mol. The van der Waals surface area contributed by atoms with Crippen molar-refractivity contribution >= 4 is 17.7 Å². The van der Waals surface area contributed by atoms with Crippen LogP contribution in [0.25, 0.3) is 0 Å². The molecule has 0 radical (unpaired) electrons. The molecule has 3 unspecified atom stereocenters. The van der Waals surface area contributed by atoms with Crippen molar-refractivity contribution in [3.63, 3.8) is 0 Å². The van der Waals surface area contributed by atoms with E-state index in [0.717, 1.165) is 6.42 Å². The summed E-state index contributed by atoms with van der Waals surface area (Å²) in [5, 5.41) is 3.70. The van der Waals surface area contributed by atoms with Crippen LogP contribution in [0.15, 0.2) is 24.3 Å². The molecule has 2 heterocycles. The molecule has 114 valence electrons. The van der Waals surface area contributed by atoms with Gasteiger partial charge in [0, 0.05) is 17.4 Å². The lowest BCUT2D eigenvalue weighted by molar-refractivity contribution is -0.129. The highest BCUT2D eigenvalue weighted by atomic mass is 32.2. The summed E-state index contributed by atoms with van der Waals surface area (Å²) in [6, 6.07) is 6.47. The maximum Gasteiger partial charge on any atom is 0.241 e. The topological polar surface area (TPSA) is 32.3 Å². The second-order valence-electron chi connectivity index (χ2n) is 5.79. The highest BCUT2D eigenvalue weighted by Crippen LogP contribution is 2.32. The molecule has 3 rings (SSSR count). The van der Waals surface area contributed by atoms with Crippen LogP contribution in [-0.4, -0.2) is 34.4 Å². The maximum atomic E-state index is 14.1. The van der Waals surface area contributed by atoms with Crippen LogP contribution in [0, 0.1) is 5.82 Å². The SMILES string of the molecule is CC1NC(c2ccccc2F)N(CC2CCCCS2)C1=O. The predicted octanol–water partition coefficient (Wildman–Crippen LogP) is 2.93. The van der Waals surface area contributed by atoms with Crippen molar-refractivity contribution in [2.24, 2.45) is 0 Å². The monoisotopic (exact) mass is 308 g/mol. The quantitative estimate of drug-likeness (QED) is 0.932. The fraction of sp³-hybridized carbons (Fsp3) is 0.562. The third kappa shape index (κ3) is 3.09. The van der Waals surface area contributed by atoms with E-state index >= 15 is 0 Å². The molecule has 1 amide bonds. The van der Waals surface area contributed by atoms with Crippen LogP contribution < -0.4 is 5.32 Å². The maximum absolute atomic E-state index is 14.1. The van der Waals surface area contributed by atoms with Crippen molar-refractivity contribution in [1.82, 2.24) is 10.2 Å². The van der Waals surface area contributed by atoms with Crippen LogP contribution in [0.3, 0.4) is 0 Å². The average Bonchev–Trinajstić information content (AvgIpc) is 2.77. The molecule has 0 spiro atoms. The van der Waals surface area contributed by atoms with E-state index in [4.69, 9.17) is 0 Å². The number of carbonyl (C=O) groups excluding carboxylic acids is 1. The Labute approximate surface area is 129 Å². The van der Waals surface area contributed by atoms with Gasteiger partial charge in [-0.2, -0.15) is 11.8 Å².